The zero-order valence-corrected chi connectivity index (χ0v) is 14.2. The van der Waals surface area contributed by atoms with Crippen molar-refractivity contribution < 1.29 is 8.91 Å². The molecule has 0 amide bonds. The van der Waals surface area contributed by atoms with Crippen LogP contribution in [-0.2, 0) is 13.1 Å². The van der Waals surface area contributed by atoms with E-state index in [1.807, 2.05) is 29.5 Å². The molecule has 1 aromatic carbocycles. The second kappa shape index (κ2) is 6.68. The third kappa shape index (κ3) is 3.60. The lowest BCUT2D eigenvalue weighted by Crippen LogP contribution is -2.18. The molecule has 2 aromatic heterocycles. The SMILES string of the molecule is CN(Cc1nc(-c2cccs2)no1)Cc1cc(Br)ccc1F. The molecule has 7 heteroatoms. The smallest absolute Gasteiger partial charge is 0.241 e. The van der Waals surface area contributed by atoms with Crippen molar-refractivity contribution in [3.05, 3.63) is 57.5 Å². The van der Waals surface area contributed by atoms with Crippen molar-refractivity contribution in [2.75, 3.05) is 7.05 Å². The van der Waals surface area contributed by atoms with E-state index in [1.54, 1.807) is 23.5 Å². The monoisotopic (exact) mass is 381 g/mol. The number of hydrogen-bond acceptors (Lipinski definition) is 5. The Hall–Kier alpha value is -1.57. The fraction of sp³-hybridized carbons (Fsp3) is 0.200. The minimum atomic E-state index is -0.222. The number of halogens is 2. The normalized spacial score (nSPS) is 11.3. The van der Waals surface area contributed by atoms with Crippen LogP contribution in [0.3, 0.4) is 0 Å². The van der Waals surface area contributed by atoms with E-state index in [2.05, 4.69) is 26.1 Å². The number of hydrogen-bond donors (Lipinski definition) is 0. The molecule has 0 bridgehead atoms. The third-order valence-corrected chi connectivity index (χ3v) is 4.42. The molecule has 0 saturated heterocycles. The summed E-state index contributed by atoms with van der Waals surface area (Å²) in [5.74, 6) is 0.883. The summed E-state index contributed by atoms with van der Waals surface area (Å²) < 4.78 is 19.9. The average Bonchev–Trinajstić information content (AvgIpc) is 3.13. The summed E-state index contributed by atoms with van der Waals surface area (Å²) in [7, 11) is 1.88. The summed E-state index contributed by atoms with van der Waals surface area (Å²) in [5, 5.41) is 5.93. The van der Waals surface area contributed by atoms with Crippen LogP contribution in [0.2, 0.25) is 0 Å². The molecule has 0 fully saturated rings. The van der Waals surface area contributed by atoms with Crippen molar-refractivity contribution in [1.29, 1.82) is 0 Å². The van der Waals surface area contributed by atoms with Gasteiger partial charge in [0.25, 0.3) is 0 Å². The molecule has 0 aliphatic heterocycles. The van der Waals surface area contributed by atoms with Crippen molar-refractivity contribution in [3.8, 4) is 10.7 Å². The standard InChI is InChI=1S/C15H13BrFN3OS/c1-20(8-10-7-11(16)4-5-12(10)17)9-14-18-15(19-21-14)13-3-2-6-22-13/h2-7H,8-9H2,1H3. The molecule has 0 unspecified atom stereocenters. The molecular formula is C15H13BrFN3OS. The number of rotatable bonds is 5. The molecule has 0 aliphatic carbocycles. The first-order valence-electron chi connectivity index (χ1n) is 6.61. The lowest BCUT2D eigenvalue weighted by atomic mass is 10.2. The van der Waals surface area contributed by atoms with Gasteiger partial charge in [-0.3, -0.25) is 4.90 Å². The highest BCUT2D eigenvalue weighted by Crippen LogP contribution is 2.22. The van der Waals surface area contributed by atoms with Gasteiger partial charge in [0.2, 0.25) is 11.7 Å². The van der Waals surface area contributed by atoms with Gasteiger partial charge < -0.3 is 4.52 Å². The quantitative estimate of drug-likeness (QED) is 0.659. The molecule has 0 N–H and O–H groups in total. The van der Waals surface area contributed by atoms with Gasteiger partial charge in [0, 0.05) is 16.6 Å². The summed E-state index contributed by atoms with van der Waals surface area (Å²) in [6, 6.07) is 8.80. The first-order chi connectivity index (χ1) is 10.6. The van der Waals surface area contributed by atoms with Crippen LogP contribution in [0.4, 0.5) is 4.39 Å². The average molecular weight is 382 g/mol. The van der Waals surface area contributed by atoms with E-state index in [0.29, 0.717) is 30.4 Å². The van der Waals surface area contributed by atoms with Crippen LogP contribution in [0.25, 0.3) is 10.7 Å². The summed E-state index contributed by atoms with van der Waals surface area (Å²) in [4.78, 5) is 7.26. The second-order valence-corrected chi connectivity index (χ2v) is 6.76. The van der Waals surface area contributed by atoms with E-state index in [9.17, 15) is 4.39 Å². The predicted molar refractivity (Wildman–Crippen MR) is 86.9 cm³/mol. The highest BCUT2D eigenvalue weighted by atomic mass is 79.9. The minimum absolute atomic E-state index is 0.222. The van der Waals surface area contributed by atoms with Gasteiger partial charge in [-0.05, 0) is 36.7 Å². The van der Waals surface area contributed by atoms with Crippen LogP contribution < -0.4 is 0 Å². The Morgan fingerprint density at radius 2 is 2.18 bits per heavy atom. The maximum absolute atomic E-state index is 13.8. The van der Waals surface area contributed by atoms with E-state index < -0.39 is 0 Å². The van der Waals surface area contributed by atoms with Crippen molar-refractivity contribution >= 4 is 27.3 Å². The summed E-state index contributed by atoms with van der Waals surface area (Å²) >= 11 is 4.91. The molecule has 0 saturated carbocycles. The maximum atomic E-state index is 13.8. The molecule has 4 nitrogen and oxygen atoms in total. The second-order valence-electron chi connectivity index (χ2n) is 4.90. The summed E-state index contributed by atoms with van der Waals surface area (Å²) in [6.45, 7) is 0.923. The Labute approximate surface area is 139 Å². The van der Waals surface area contributed by atoms with Crippen molar-refractivity contribution in [2.24, 2.45) is 0 Å². The predicted octanol–water partition coefficient (Wildman–Crippen LogP) is 4.33. The molecule has 0 spiro atoms. The van der Waals surface area contributed by atoms with Gasteiger partial charge in [0.05, 0.1) is 11.4 Å². The van der Waals surface area contributed by atoms with Crippen LogP contribution in [0.5, 0.6) is 0 Å². The Balaban J connectivity index is 1.67. The molecule has 22 heavy (non-hydrogen) atoms. The molecule has 114 valence electrons. The zero-order valence-electron chi connectivity index (χ0n) is 11.8. The number of aromatic nitrogens is 2. The number of nitrogens with zero attached hydrogens (tertiary/aromatic N) is 3. The maximum Gasteiger partial charge on any atom is 0.241 e. The van der Waals surface area contributed by atoms with E-state index in [0.717, 1.165) is 9.35 Å². The van der Waals surface area contributed by atoms with Gasteiger partial charge in [0.15, 0.2) is 0 Å². The molecule has 3 aromatic rings. The molecule has 2 heterocycles. The molecule has 0 atom stereocenters. The van der Waals surface area contributed by atoms with Gasteiger partial charge in [-0.25, -0.2) is 4.39 Å². The topological polar surface area (TPSA) is 42.2 Å². The number of benzene rings is 1. The lowest BCUT2D eigenvalue weighted by molar-refractivity contribution is 0.258. The van der Waals surface area contributed by atoms with Gasteiger partial charge in [-0.15, -0.1) is 11.3 Å². The summed E-state index contributed by atoms with van der Waals surface area (Å²) in [5.41, 5.74) is 0.620. The minimum Gasteiger partial charge on any atom is -0.338 e. The van der Waals surface area contributed by atoms with Gasteiger partial charge >= 0.3 is 0 Å². The Morgan fingerprint density at radius 3 is 2.95 bits per heavy atom. The van der Waals surface area contributed by atoms with E-state index in [-0.39, 0.29) is 5.82 Å². The van der Waals surface area contributed by atoms with Gasteiger partial charge in [0.1, 0.15) is 5.82 Å². The molecule has 0 aliphatic rings. The first-order valence-corrected chi connectivity index (χ1v) is 8.28. The van der Waals surface area contributed by atoms with Gasteiger partial charge in [-0.2, -0.15) is 4.98 Å². The van der Waals surface area contributed by atoms with Crippen LogP contribution in [-0.4, -0.2) is 22.1 Å². The Bertz CT molecular complexity index is 760. The fourth-order valence-corrected chi connectivity index (χ4v) is 3.12. The molecule has 0 radical (unpaired) electrons. The fourth-order valence-electron chi connectivity index (χ4n) is 2.07. The van der Waals surface area contributed by atoms with Crippen LogP contribution >= 0.6 is 27.3 Å². The third-order valence-electron chi connectivity index (χ3n) is 3.06. The van der Waals surface area contributed by atoms with Crippen LogP contribution in [0, 0.1) is 5.82 Å². The summed E-state index contributed by atoms with van der Waals surface area (Å²) in [6.07, 6.45) is 0. The zero-order chi connectivity index (χ0) is 15.5. The Kier molecular flexibility index (Phi) is 4.66. The van der Waals surface area contributed by atoms with Crippen molar-refractivity contribution in [3.63, 3.8) is 0 Å². The highest BCUT2D eigenvalue weighted by molar-refractivity contribution is 9.10. The van der Waals surface area contributed by atoms with E-state index in [4.69, 9.17) is 4.52 Å². The van der Waals surface area contributed by atoms with Crippen LogP contribution in [0.15, 0.2) is 44.7 Å². The first kappa shape index (κ1) is 15.3. The van der Waals surface area contributed by atoms with Gasteiger partial charge in [-0.1, -0.05) is 27.2 Å². The molecule has 3 rings (SSSR count). The van der Waals surface area contributed by atoms with Crippen molar-refractivity contribution in [1.82, 2.24) is 15.0 Å². The Morgan fingerprint density at radius 1 is 1.32 bits per heavy atom. The van der Waals surface area contributed by atoms with E-state index >= 15 is 0 Å². The van der Waals surface area contributed by atoms with Crippen molar-refractivity contribution in [2.45, 2.75) is 13.1 Å². The number of thiophene rings is 1. The van der Waals surface area contributed by atoms with Crippen LogP contribution in [0.1, 0.15) is 11.5 Å². The largest absolute Gasteiger partial charge is 0.338 e. The van der Waals surface area contributed by atoms with E-state index in [1.165, 1.54) is 6.07 Å². The highest BCUT2D eigenvalue weighted by Gasteiger charge is 2.13. The lowest BCUT2D eigenvalue weighted by Gasteiger charge is -2.14. The molecular weight excluding hydrogens is 369 g/mol.